The van der Waals surface area contributed by atoms with E-state index in [0.29, 0.717) is 11.2 Å². The fraction of sp³-hybridized carbons (Fsp3) is 0.714. The highest BCUT2D eigenvalue weighted by Crippen LogP contribution is 2.19. The first-order valence-electron chi connectivity index (χ1n) is 6.99. The monoisotopic (exact) mass is 284 g/mol. The predicted octanol–water partition coefficient (Wildman–Crippen LogP) is 3.22. The van der Waals surface area contributed by atoms with E-state index < -0.39 is 0 Å². The van der Waals surface area contributed by atoms with Gasteiger partial charge in [0.2, 0.25) is 0 Å². The van der Waals surface area contributed by atoms with E-state index in [9.17, 15) is 0 Å². The second-order valence-electron chi connectivity index (χ2n) is 5.05. The van der Waals surface area contributed by atoms with E-state index in [2.05, 4.69) is 48.0 Å². The van der Waals surface area contributed by atoms with Crippen LogP contribution in [-0.2, 0) is 6.42 Å². The molecule has 0 bridgehead atoms. The standard InChI is InChI=1S/C14H25ClN4/c1-5-12-13(15)17-10-18-14(12)16-8-6-7-9-19(4)11(2)3/h10-11H,5-9H2,1-4H3,(H,16,17,18). The lowest BCUT2D eigenvalue weighted by Gasteiger charge is -2.20. The minimum atomic E-state index is 0.555. The Balaban J connectivity index is 2.32. The Morgan fingerprint density at radius 2 is 2.05 bits per heavy atom. The molecular weight excluding hydrogens is 260 g/mol. The first-order chi connectivity index (χ1) is 9.06. The lowest BCUT2D eigenvalue weighted by atomic mass is 10.2. The number of nitrogens with zero attached hydrogens (tertiary/aromatic N) is 3. The Kier molecular flexibility index (Phi) is 7.10. The molecule has 0 amide bonds. The fourth-order valence-corrected chi connectivity index (χ4v) is 2.07. The zero-order valence-corrected chi connectivity index (χ0v) is 13.2. The van der Waals surface area contributed by atoms with Gasteiger partial charge in [-0.05, 0) is 46.7 Å². The van der Waals surface area contributed by atoms with Crippen molar-refractivity contribution in [2.45, 2.75) is 46.1 Å². The smallest absolute Gasteiger partial charge is 0.137 e. The molecule has 0 aliphatic rings. The lowest BCUT2D eigenvalue weighted by Crippen LogP contribution is -2.27. The SMILES string of the molecule is CCc1c(Cl)ncnc1NCCCCN(C)C(C)C. The minimum Gasteiger partial charge on any atom is -0.370 e. The number of aromatic nitrogens is 2. The highest BCUT2D eigenvalue weighted by molar-refractivity contribution is 6.30. The molecule has 19 heavy (non-hydrogen) atoms. The number of unbranched alkanes of at least 4 members (excludes halogenated alkanes) is 1. The van der Waals surface area contributed by atoms with Crippen LogP contribution in [0.5, 0.6) is 0 Å². The second-order valence-corrected chi connectivity index (χ2v) is 5.41. The van der Waals surface area contributed by atoms with Gasteiger partial charge < -0.3 is 10.2 Å². The Labute approximate surface area is 121 Å². The van der Waals surface area contributed by atoms with Gasteiger partial charge in [-0.25, -0.2) is 9.97 Å². The van der Waals surface area contributed by atoms with Crippen molar-refractivity contribution in [1.82, 2.24) is 14.9 Å². The molecule has 1 heterocycles. The number of hydrogen-bond acceptors (Lipinski definition) is 4. The van der Waals surface area contributed by atoms with E-state index in [-0.39, 0.29) is 0 Å². The molecule has 0 atom stereocenters. The Bertz CT molecular complexity index is 382. The van der Waals surface area contributed by atoms with Crippen LogP contribution in [0.3, 0.4) is 0 Å². The van der Waals surface area contributed by atoms with E-state index in [0.717, 1.165) is 37.3 Å². The van der Waals surface area contributed by atoms with Gasteiger partial charge in [0.15, 0.2) is 0 Å². The number of halogens is 1. The van der Waals surface area contributed by atoms with Gasteiger partial charge in [0.25, 0.3) is 0 Å². The molecule has 0 aromatic carbocycles. The van der Waals surface area contributed by atoms with Crippen LogP contribution in [0.4, 0.5) is 5.82 Å². The van der Waals surface area contributed by atoms with E-state index in [1.165, 1.54) is 12.7 Å². The third-order valence-electron chi connectivity index (χ3n) is 3.36. The van der Waals surface area contributed by atoms with Crippen LogP contribution in [0.25, 0.3) is 0 Å². The van der Waals surface area contributed by atoms with Crippen molar-refractivity contribution in [2.75, 3.05) is 25.5 Å². The van der Waals surface area contributed by atoms with Crippen molar-refractivity contribution < 1.29 is 0 Å². The topological polar surface area (TPSA) is 41.1 Å². The van der Waals surface area contributed by atoms with Crippen LogP contribution in [0.2, 0.25) is 5.15 Å². The van der Waals surface area contributed by atoms with Crippen molar-refractivity contribution in [2.24, 2.45) is 0 Å². The summed E-state index contributed by atoms with van der Waals surface area (Å²) in [5, 5.41) is 3.91. The van der Waals surface area contributed by atoms with Crippen LogP contribution in [-0.4, -0.2) is 41.0 Å². The van der Waals surface area contributed by atoms with Crippen molar-refractivity contribution in [1.29, 1.82) is 0 Å². The molecular formula is C14H25ClN4. The summed E-state index contributed by atoms with van der Waals surface area (Å²) in [4.78, 5) is 10.6. The summed E-state index contributed by atoms with van der Waals surface area (Å²) in [7, 11) is 2.16. The van der Waals surface area contributed by atoms with Crippen LogP contribution in [0.1, 0.15) is 39.2 Å². The molecule has 0 spiro atoms. The second kappa shape index (κ2) is 8.33. The molecule has 4 nitrogen and oxygen atoms in total. The largest absolute Gasteiger partial charge is 0.370 e. The zero-order chi connectivity index (χ0) is 14.3. The summed E-state index contributed by atoms with van der Waals surface area (Å²) in [5.74, 6) is 0.875. The third-order valence-corrected chi connectivity index (χ3v) is 3.68. The van der Waals surface area contributed by atoms with E-state index >= 15 is 0 Å². The predicted molar refractivity (Wildman–Crippen MR) is 81.9 cm³/mol. The van der Waals surface area contributed by atoms with Crippen molar-refractivity contribution in [3.63, 3.8) is 0 Å². The van der Waals surface area contributed by atoms with Gasteiger partial charge in [-0.3, -0.25) is 0 Å². The van der Waals surface area contributed by atoms with Gasteiger partial charge in [0.05, 0.1) is 0 Å². The molecule has 5 heteroatoms. The minimum absolute atomic E-state index is 0.555. The summed E-state index contributed by atoms with van der Waals surface area (Å²) < 4.78 is 0. The van der Waals surface area contributed by atoms with Gasteiger partial charge in [0.1, 0.15) is 17.3 Å². The molecule has 0 radical (unpaired) electrons. The Morgan fingerprint density at radius 1 is 1.32 bits per heavy atom. The normalized spacial score (nSPS) is 11.3. The highest BCUT2D eigenvalue weighted by Gasteiger charge is 2.07. The van der Waals surface area contributed by atoms with Crippen LogP contribution < -0.4 is 5.32 Å². The van der Waals surface area contributed by atoms with Gasteiger partial charge >= 0.3 is 0 Å². The molecule has 1 N–H and O–H groups in total. The number of hydrogen-bond donors (Lipinski definition) is 1. The molecule has 1 aromatic heterocycles. The quantitative estimate of drug-likeness (QED) is 0.588. The van der Waals surface area contributed by atoms with E-state index in [4.69, 9.17) is 11.6 Å². The maximum absolute atomic E-state index is 6.05. The summed E-state index contributed by atoms with van der Waals surface area (Å²) in [6.07, 6.45) is 4.66. The first-order valence-corrected chi connectivity index (χ1v) is 7.37. The summed E-state index contributed by atoms with van der Waals surface area (Å²) in [6.45, 7) is 8.55. The number of nitrogens with one attached hydrogen (secondary N) is 1. The lowest BCUT2D eigenvalue weighted by molar-refractivity contribution is 0.269. The molecule has 108 valence electrons. The molecule has 0 fully saturated rings. The van der Waals surface area contributed by atoms with Crippen molar-refractivity contribution in [3.05, 3.63) is 17.0 Å². The highest BCUT2D eigenvalue weighted by atomic mass is 35.5. The number of rotatable bonds is 8. The average molecular weight is 285 g/mol. The maximum Gasteiger partial charge on any atom is 0.137 e. The molecule has 1 rings (SSSR count). The van der Waals surface area contributed by atoms with E-state index in [1.807, 2.05) is 0 Å². The molecule has 0 aliphatic heterocycles. The van der Waals surface area contributed by atoms with Crippen LogP contribution in [0.15, 0.2) is 6.33 Å². The summed E-state index contributed by atoms with van der Waals surface area (Å²) >= 11 is 6.05. The Hall–Kier alpha value is -0.870. The van der Waals surface area contributed by atoms with Crippen molar-refractivity contribution in [3.8, 4) is 0 Å². The van der Waals surface area contributed by atoms with Gasteiger partial charge in [-0.1, -0.05) is 18.5 Å². The maximum atomic E-state index is 6.05. The fourth-order valence-electron chi connectivity index (χ4n) is 1.81. The van der Waals surface area contributed by atoms with Crippen LogP contribution in [0, 0.1) is 0 Å². The van der Waals surface area contributed by atoms with Gasteiger partial charge in [-0.15, -0.1) is 0 Å². The average Bonchev–Trinajstić information content (AvgIpc) is 2.38. The van der Waals surface area contributed by atoms with Gasteiger partial charge in [0, 0.05) is 18.2 Å². The molecule has 1 aromatic rings. The zero-order valence-electron chi connectivity index (χ0n) is 12.4. The van der Waals surface area contributed by atoms with Gasteiger partial charge in [-0.2, -0.15) is 0 Å². The third kappa shape index (κ3) is 5.33. The van der Waals surface area contributed by atoms with E-state index in [1.54, 1.807) is 0 Å². The molecule has 0 aliphatic carbocycles. The number of anilines is 1. The Morgan fingerprint density at radius 3 is 2.68 bits per heavy atom. The summed E-state index contributed by atoms with van der Waals surface area (Å²) in [5.41, 5.74) is 1.00. The van der Waals surface area contributed by atoms with Crippen LogP contribution >= 0.6 is 11.6 Å². The van der Waals surface area contributed by atoms with Crippen molar-refractivity contribution >= 4 is 17.4 Å². The molecule has 0 unspecified atom stereocenters. The molecule has 0 saturated carbocycles. The summed E-state index contributed by atoms with van der Waals surface area (Å²) in [6, 6.07) is 0.611. The molecule has 0 saturated heterocycles. The first kappa shape index (κ1) is 16.2.